The normalized spacial score (nSPS) is 10.6. The molecule has 0 aliphatic carbocycles. The van der Waals surface area contributed by atoms with Crippen molar-refractivity contribution in [1.29, 1.82) is 0 Å². The third kappa shape index (κ3) is 2.90. The molecule has 0 spiro atoms. The third-order valence-electron chi connectivity index (χ3n) is 2.50. The summed E-state index contributed by atoms with van der Waals surface area (Å²) in [6.07, 6.45) is 2.50. The van der Waals surface area contributed by atoms with Crippen molar-refractivity contribution in [2.24, 2.45) is 7.05 Å². The SMILES string of the molecule is Cn1ncnc1CCNCc1ccccc1. The van der Waals surface area contributed by atoms with Crippen LogP contribution in [0.25, 0.3) is 0 Å². The van der Waals surface area contributed by atoms with Gasteiger partial charge in [0.25, 0.3) is 0 Å². The number of hydrogen-bond donors (Lipinski definition) is 1. The Labute approximate surface area is 95.3 Å². The van der Waals surface area contributed by atoms with Gasteiger partial charge in [0.1, 0.15) is 12.2 Å². The number of nitrogens with one attached hydrogen (secondary N) is 1. The van der Waals surface area contributed by atoms with E-state index in [4.69, 9.17) is 0 Å². The minimum atomic E-state index is 0.901. The second kappa shape index (κ2) is 5.42. The van der Waals surface area contributed by atoms with Gasteiger partial charge in [-0.05, 0) is 5.56 Å². The monoisotopic (exact) mass is 216 g/mol. The molecule has 0 atom stereocenters. The summed E-state index contributed by atoms with van der Waals surface area (Å²) in [4.78, 5) is 4.17. The average molecular weight is 216 g/mol. The molecule has 1 aromatic carbocycles. The van der Waals surface area contributed by atoms with Gasteiger partial charge in [-0.1, -0.05) is 30.3 Å². The zero-order valence-corrected chi connectivity index (χ0v) is 9.43. The van der Waals surface area contributed by atoms with E-state index in [1.54, 1.807) is 6.33 Å². The number of nitrogens with zero attached hydrogens (tertiary/aromatic N) is 3. The first-order chi connectivity index (χ1) is 7.86. The number of benzene rings is 1. The Morgan fingerprint density at radius 3 is 2.75 bits per heavy atom. The molecule has 0 radical (unpaired) electrons. The Morgan fingerprint density at radius 1 is 1.25 bits per heavy atom. The predicted molar refractivity (Wildman–Crippen MR) is 62.9 cm³/mol. The van der Waals surface area contributed by atoms with Crippen LogP contribution in [0.3, 0.4) is 0 Å². The molecule has 0 fully saturated rings. The fourth-order valence-electron chi connectivity index (χ4n) is 1.58. The van der Waals surface area contributed by atoms with Gasteiger partial charge >= 0.3 is 0 Å². The van der Waals surface area contributed by atoms with Crippen molar-refractivity contribution in [3.63, 3.8) is 0 Å². The topological polar surface area (TPSA) is 42.7 Å². The van der Waals surface area contributed by atoms with Crippen molar-refractivity contribution in [1.82, 2.24) is 20.1 Å². The molecule has 2 aromatic rings. The molecule has 4 nitrogen and oxygen atoms in total. The molecule has 4 heteroatoms. The summed E-state index contributed by atoms with van der Waals surface area (Å²) in [5, 5.41) is 7.42. The van der Waals surface area contributed by atoms with Crippen LogP contribution >= 0.6 is 0 Å². The number of aromatic nitrogens is 3. The molecule has 0 unspecified atom stereocenters. The van der Waals surface area contributed by atoms with Gasteiger partial charge in [-0.2, -0.15) is 5.10 Å². The number of aryl methyl sites for hydroxylation is 1. The lowest BCUT2D eigenvalue weighted by molar-refractivity contribution is 0.634. The van der Waals surface area contributed by atoms with Crippen LogP contribution in [0.5, 0.6) is 0 Å². The first-order valence-electron chi connectivity index (χ1n) is 5.44. The highest BCUT2D eigenvalue weighted by Gasteiger charge is 1.99. The van der Waals surface area contributed by atoms with Gasteiger partial charge in [-0.3, -0.25) is 4.68 Å². The van der Waals surface area contributed by atoms with Crippen LogP contribution in [-0.4, -0.2) is 21.3 Å². The fourth-order valence-corrected chi connectivity index (χ4v) is 1.58. The van der Waals surface area contributed by atoms with E-state index in [9.17, 15) is 0 Å². The van der Waals surface area contributed by atoms with Crippen molar-refractivity contribution in [3.05, 3.63) is 48.0 Å². The average Bonchev–Trinajstić information content (AvgIpc) is 2.72. The summed E-state index contributed by atoms with van der Waals surface area (Å²) < 4.78 is 1.81. The third-order valence-corrected chi connectivity index (χ3v) is 2.50. The maximum Gasteiger partial charge on any atom is 0.138 e. The van der Waals surface area contributed by atoms with E-state index in [0.717, 1.165) is 25.3 Å². The van der Waals surface area contributed by atoms with Crippen molar-refractivity contribution >= 4 is 0 Å². The van der Waals surface area contributed by atoms with Gasteiger partial charge in [-0.15, -0.1) is 0 Å². The van der Waals surface area contributed by atoms with E-state index < -0.39 is 0 Å². The highest BCUT2D eigenvalue weighted by Crippen LogP contribution is 1.97. The molecule has 1 aromatic heterocycles. The Hall–Kier alpha value is -1.68. The maximum absolute atomic E-state index is 4.17. The fraction of sp³-hybridized carbons (Fsp3) is 0.333. The predicted octanol–water partition coefficient (Wildman–Crippen LogP) is 1.15. The van der Waals surface area contributed by atoms with E-state index in [1.165, 1.54) is 5.56 Å². The van der Waals surface area contributed by atoms with Crippen LogP contribution in [0, 0.1) is 0 Å². The molecule has 16 heavy (non-hydrogen) atoms. The summed E-state index contributed by atoms with van der Waals surface area (Å²) in [6.45, 7) is 1.82. The van der Waals surface area contributed by atoms with Gasteiger partial charge in [0.05, 0.1) is 0 Å². The molecule has 1 N–H and O–H groups in total. The molecule has 0 aliphatic heterocycles. The first-order valence-corrected chi connectivity index (χ1v) is 5.44. The van der Waals surface area contributed by atoms with Gasteiger partial charge in [-0.25, -0.2) is 4.98 Å². The maximum atomic E-state index is 4.17. The minimum Gasteiger partial charge on any atom is -0.312 e. The van der Waals surface area contributed by atoms with Crippen LogP contribution in [0.4, 0.5) is 0 Å². The standard InChI is InChI=1S/C12H16N4/c1-16-12(14-10-15-16)7-8-13-9-11-5-3-2-4-6-11/h2-6,10,13H,7-9H2,1H3. The Morgan fingerprint density at radius 2 is 2.06 bits per heavy atom. The Bertz CT molecular complexity index is 422. The Balaban J connectivity index is 1.72. The lowest BCUT2D eigenvalue weighted by atomic mass is 10.2. The number of rotatable bonds is 5. The molecule has 0 saturated heterocycles. The molecular formula is C12H16N4. The molecular weight excluding hydrogens is 200 g/mol. The van der Waals surface area contributed by atoms with E-state index in [1.807, 2.05) is 17.8 Å². The second-order valence-electron chi connectivity index (χ2n) is 3.71. The van der Waals surface area contributed by atoms with Crippen LogP contribution in [0.2, 0.25) is 0 Å². The summed E-state index contributed by atoms with van der Waals surface area (Å²) in [7, 11) is 1.92. The van der Waals surface area contributed by atoms with Crippen LogP contribution in [0.15, 0.2) is 36.7 Å². The molecule has 0 bridgehead atoms. The molecule has 2 rings (SSSR count). The van der Waals surface area contributed by atoms with E-state index in [0.29, 0.717) is 0 Å². The molecule has 1 heterocycles. The number of hydrogen-bond acceptors (Lipinski definition) is 3. The highest BCUT2D eigenvalue weighted by molar-refractivity contribution is 5.14. The Kier molecular flexibility index (Phi) is 3.66. The lowest BCUT2D eigenvalue weighted by Crippen LogP contribution is -2.18. The van der Waals surface area contributed by atoms with Gasteiger partial charge < -0.3 is 5.32 Å². The van der Waals surface area contributed by atoms with Gasteiger partial charge in [0.2, 0.25) is 0 Å². The van der Waals surface area contributed by atoms with Crippen molar-refractivity contribution in [3.8, 4) is 0 Å². The largest absolute Gasteiger partial charge is 0.312 e. The smallest absolute Gasteiger partial charge is 0.138 e. The minimum absolute atomic E-state index is 0.901. The quantitative estimate of drug-likeness (QED) is 0.762. The van der Waals surface area contributed by atoms with Gasteiger partial charge in [0.15, 0.2) is 0 Å². The lowest BCUT2D eigenvalue weighted by Gasteiger charge is -2.04. The second-order valence-corrected chi connectivity index (χ2v) is 3.71. The molecule has 0 aliphatic rings. The highest BCUT2D eigenvalue weighted by atomic mass is 15.3. The summed E-state index contributed by atoms with van der Waals surface area (Å²) in [5.74, 6) is 1.01. The summed E-state index contributed by atoms with van der Waals surface area (Å²) >= 11 is 0. The van der Waals surface area contributed by atoms with E-state index in [-0.39, 0.29) is 0 Å². The van der Waals surface area contributed by atoms with Crippen LogP contribution in [-0.2, 0) is 20.0 Å². The van der Waals surface area contributed by atoms with E-state index >= 15 is 0 Å². The van der Waals surface area contributed by atoms with Gasteiger partial charge in [0, 0.05) is 26.6 Å². The first kappa shape index (κ1) is 10.8. The summed E-state index contributed by atoms with van der Waals surface area (Å²) in [5.41, 5.74) is 1.31. The molecule has 0 amide bonds. The van der Waals surface area contributed by atoms with Crippen molar-refractivity contribution < 1.29 is 0 Å². The van der Waals surface area contributed by atoms with Crippen LogP contribution in [0.1, 0.15) is 11.4 Å². The van der Waals surface area contributed by atoms with Crippen LogP contribution < -0.4 is 5.32 Å². The zero-order chi connectivity index (χ0) is 11.2. The zero-order valence-electron chi connectivity index (χ0n) is 9.43. The van der Waals surface area contributed by atoms with Crippen molar-refractivity contribution in [2.75, 3.05) is 6.54 Å². The van der Waals surface area contributed by atoms with Crippen molar-refractivity contribution in [2.45, 2.75) is 13.0 Å². The van der Waals surface area contributed by atoms with E-state index in [2.05, 4.69) is 39.7 Å². The summed E-state index contributed by atoms with van der Waals surface area (Å²) in [6, 6.07) is 10.4. The molecule has 0 saturated carbocycles. The molecule has 84 valence electrons.